The van der Waals surface area contributed by atoms with Crippen LogP contribution in [-0.2, 0) is 20.9 Å². The van der Waals surface area contributed by atoms with Crippen LogP contribution in [-0.4, -0.2) is 34.4 Å². The van der Waals surface area contributed by atoms with E-state index in [9.17, 15) is 19.5 Å². The highest BCUT2D eigenvalue weighted by molar-refractivity contribution is 7.17. The van der Waals surface area contributed by atoms with Crippen molar-refractivity contribution >= 4 is 39.9 Å². The van der Waals surface area contributed by atoms with Crippen LogP contribution in [0.3, 0.4) is 0 Å². The lowest BCUT2D eigenvalue weighted by Crippen LogP contribution is -2.29. The van der Waals surface area contributed by atoms with E-state index in [1.165, 1.54) is 4.90 Å². The molecule has 0 saturated carbocycles. The van der Waals surface area contributed by atoms with Crippen molar-refractivity contribution in [2.45, 2.75) is 40.3 Å². The van der Waals surface area contributed by atoms with Gasteiger partial charge in [-0.25, -0.2) is 9.78 Å². The van der Waals surface area contributed by atoms with E-state index in [1.807, 2.05) is 68.4 Å². The Kier molecular flexibility index (Phi) is 8.22. The van der Waals surface area contributed by atoms with Gasteiger partial charge in [-0.2, -0.15) is 0 Å². The first-order valence-corrected chi connectivity index (χ1v) is 14.3. The van der Waals surface area contributed by atoms with Crippen LogP contribution in [0.1, 0.15) is 56.1 Å². The summed E-state index contributed by atoms with van der Waals surface area (Å²) in [6, 6.07) is 21.3. The maximum atomic E-state index is 13.5. The molecule has 0 bridgehead atoms. The molecule has 0 radical (unpaired) electrons. The number of hydrogen-bond donors (Lipinski definition) is 1. The first-order chi connectivity index (χ1) is 20.2. The second-order valence-electron chi connectivity index (χ2n) is 9.97. The summed E-state index contributed by atoms with van der Waals surface area (Å²) in [4.78, 5) is 45.5. The Morgan fingerprint density at radius 1 is 1.00 bits per heavy atom. The van der Waals surface area contributed by atoms with Gasteiger partial charge in [0.15, 0.2) is 5.13 Å². The van der Waals surface area contributed by atoms with Gasteiger partial charge in [-0.15, -0.1) is 0 Å². The van der Waals surface area contributed by atoms with Crippen molar-refractivity contribution < 1.29 is 29.0 Å². The number of carbonyl (C=O) groups is 3. The van der Waals surface area contributed by atoms with Gasteiger partial charge in [0, 0.05) is 5.56 Å². The van der Waals surface area contributed by atoms with Crippen LogP contribution in [0.4, 0.5) is 5.13 Å². The molecular weight excluding hydrogens is 552 g/mol. The molecule has 3 aromatic carbocycles. The highest BCUT2D eigenvalue weighted by atomic mass is 32.1. The highest BCUT2D eigenvalue weighted by Gasteiger charge is 2.48. The van der Waals surface area contributed by atoms with Crippen molar-refractivity contribution in [1.82, 2.24) is 4.98 Å². The number of ether oxygens (including phenoxy) is 2. The van der Waals surface area contributed by atoms with Gasteiger partial charge >= 0.3 is 11.9 Å². The second kappa shape index (κ2) is 12.0. The number of nitrogens with zero attached hydrogens (tertiary/aromatic N) is 2. The Labute approximate surface area is 247 Å². The summed E-state index contributed by atoms with van der Waals surface area (Å²) < 4.78 is 11.1. The average molecular weight is 583 g/mol. The number of amides is 1. The number of thiazole rings is 1. The Bertz CT molecular complexity index is 1690. The van der Waals surface area contributed by atoms with E-state index in [2.05, 4.69) is 4.98 Å². The third kappa shape index (κ3) is 5.56. The maximum Gasteiger partial charge on any atom is 0.350 e. The summed E-state index contributed by atoms with van der Waals surface area (Å²) in [5.41, 5.74) is 4.08. The number of aliphatic hydroxyl groups is 1. The van der Waals surface area contributed by atoms with Gasteiger partial charge in [0.1, 0.15) is 23.0 Å². The zero-order valence-electron chi connectivity index (χ0n) is 23.7. The molecular formula is C33H30N2O6S. The molecule has 1 aliphatic rings. The summed E-state index contributed by atoms with van der Waals surface area (Å²) in [6.45, 7) is 7.70. The van der Waals surface area contributed by atoms with Crippen LogP contribution in [0.5, 0.6) is 5.75 Å². The number of aliphatic hydroxyl groups excluding tert-OH is 1. The fourth-order valence-electron chi connectivity index (χ4n) is 4.81. The van der Waals surface area contributed by atoms with E-state index in [1.54, 1.807) is 32.0 Å². The number of esters is 1. The molecule has 1 atom stereocenters. The molecule has 1 amide bonds. The minimum absolute atomic E-state index is 0.0632. The largest absolute Gasteiger partial charge is 0.507 e. The lowest BCUT2D eigenvalue weighted by molar-refractivity contribution is -0.132. The van der Waals surface area contributed by atoms with Crippen molar-refractivity contribution in [1.29, 1.82) is 0 Å². The highest BCUT2D eigenvalue weighted by Crippen LogP contribution is 2.44. The van der Waals surface area contributed by atoms with E-state index < -0.39 is 23.7 Å². The Morgan fingerprint density at radius 2 is 1.71 bits per heavy atom. The van der Waals surface area contributed by atoms with Gasteiger partial charge < -0.3 is 14.6 Å². The summed E-state index contributed by atoms with van der Waals surface area (Å²) in [6.07, 6.45) is 0. The molecule has 1 aromatic heterocycles. The molecule has 1 aliphatic heterocycles. The number of aryl methyl sites for hydroxylation is 3. The van der Waals surface area contributed by atoms with E-state index >= 15 is 0 Å². The van der Waals surface area contributed by atoms with E-state index in [4.69, 9.17) is 9.47 Å². The van der Waals surface area contributed by atoms with Crippen molar-refractivity contribution in [2.24, 2.45) is 0 Å². The van der Waals surface area contributed by atoms with Crippen LogP contribution < -0.4 is 9.64 Å². The quantitative estimate of drug-likeness (QED) is 0.110. The lowest BCUT2D eigenvalue weighted by Gasteiger charge is -2.23. The minimum Gasteiger partial charge on any atom is -0.507 e. The molecule has 1 fully saturated rings. The first-order valence-electron chi connectivity index (χ1n) is 13.5. The van der Waals surface area contributed by atoms with Gasteiger partial charge in [-0.05, 0) is 62.6 Å². The third-order valence-corrected chi connectivity index (χ3v) is 8.11. The monoisotopic (exact) mass is 582 g/mol. The molecule has 42 heavy (non-hydrogen) atoms. The molecule has 2 heterocycles. The van der Waals surface area contributed by atoms with E-state index in [0.717, 1.165) is 28.0 Å². The molecule has 214 valence electrons. The summed E-state index contributed by atoms with van der Waals surface area (Å²) >= 11 is 0.976. The maximum absolute atomic E-state index is 13.5. The first kappa shape index (κ1) is 28.8. The second-order valence-corrected chi connectivity index (χ2v) is 10.9. The van der Waals surface area contributed by atoms with E-state index in [-0.39, 0.29) is 27.9 Å². The minimum atomic E-state index is -0.958. The lowest BCUT2D eigenvalue weighted by atomic mass is 9.94. The Balaban J connectivity index is 1.56. The van der Waals surface area contributed by atoms with Gasteiger partial charge in [0.05, 0.1) is 23.9 Å². The molecule has 4 aromatic rings. The zero-order valence-corrected chi connectivity index (χ0v) is 24.5. The molecule has 1 N–H and O–H groups in total. The van der Waals surface area contributed by atoms with Crippen molar-refractivity contribution in [3.63, 3.8) is 0 Å². The van der Waals surface area contributed by atoms with Crippen LogP contribution >= 0.6 is 11.3 Å². The molecule has 8 nitrogen and oxygen atoms in total. The number of benzene rings is 3. The van der Waals surface area contributed by atoms with Crippen molar-refractivity contribution in [2.75, 3.05) is 11.5 Å². The van der Waals surface area contributed by atoms with Crippen LogP contribution in [0, 0.1) is 20.8 Å². The molecule has 9 heteroatoms. The van der Waals surface area contributed by atoms with Crippen molar-refractivity contribution in [3.8, 4) is 5.75 Å². The fourth-order valence-corrected chi connectivity index (χ4v) is 5.80. The van der Waals surface area contributed by atoms with Crippen LogP contribution in [0.15, 0.2) is 78.4 Å². The third-order valence-electron chi connectivity index (χ3n) is 6.98. The molecule has 0 aliphatic carbocycles. The van der Waals surface area contributed by atoms with Crippen LogP contribution in [0.25, 0.3) is 5.76 Å². The number of Topliss-reactive ketones (excluding diaryl/α,β-unsaturated/α-hetero) is 1. The number of rotatable bonds is 8. The normalized spacial score (nSPS) is 16.1. The standard InChI is InChI=1S/C33H30N2O6S/c1-5-40-32(39)30-21(4)34-33(42-30)35-27(23-13-11-19(2)12-14-23)26(29(37)31(35)38)28(36)24-15-16-25(20(3)17-24)41-18-22-9-7-6-8-10-22/h6-17,27,36H,5,18H2,1-4H3/t27-/m1/s1. The van der Waals surface area contributed by atoms with Gasteiger partial charge in [0.25, 0.3) is 5.78 Å². The number of aromatic nitrogens is 1. The smallest absolute Gasteiger partial charge is 0.350 e. The topological polar surface area (TPSA) is 106 Å². The van der Waals surface area contributed by atoms with Gasteiger partial charge in [-0.1, -0.05) is 71.5 Å². The number of ketones is 1. The predicted molar refractivity (Wildman–Crippen MR) is 161 cm³/mol. The van der Waals surface area contributed by atoms with E-state index in [0.29, 0.717) is 29.2 Å². The molecule has 5 rings (SSSR count). The van der Waals surface area contributed by atoms with Crippen LogP contribution in [0.2, 0.25) is 0 Å². The summed E-state index contributed by atoms with van der Waals surface area (Å²) in [5.74, 6) is -1.91. The fraction of sp³-hybridized carbons (Fsp3) is 0.212. The predicted octanol–water partition coefficient (Wildman–Crippen LogP) is 6.45. The van der Waals surface area contributed by atoms with Gasteiger partial charge in [-0.3, -0.25) is 14.5 Å². The van der Waals surface area contributed by atoms with Gasteiger partial charge in [0.2, 0.25) is 0 Å². The number of anilines is 1. The Morgan fingerprint density at radius 3 is 2.38 bits per heavy atom. The molecule has 0 unspecified atom stereocenters. The Hall–Kier alpha value is -4.76. The molecule has 0 spiro atoms. The molecule has 1 saturated heterocycles. The summed E-state index contributed by atoms with van der Waals surface area (Å²) in [7, 11) is 0. The van der Waals surface area contributed by atoms with Crippen molar-refractivity contribution in [3.05, 3.63) is 117 Å². The number of hydrogen-bond acceptors (Lipinski definition) is 8. The average Bonchev–Trinajstić information content (AvgIpc) is 3.49. The SMILES string of the molecule is CCOC(=O)c1sc(N2C(=O)C(=O)C(=C(O)c3ccc(OCc4ccccc4)c(C)c3)[C@H]2c2ccc(C)cc2)nc1C. The zero-order chi connectivity index (χ0) is 30.0. The summed E-state index contributed by atoms with van der Waals surface area (Å²) in [5, 5.41) is 11.7. The number of carbonyl (C=O) groups excluding carboxylic acids is 3.